The Balaban J connectivity index is 0.000000268. The van der Waals surface area contributed by atoms with Crippen LogP contribution >= 0.6 is 0 Å². The molecule has 0 saturated heterocycles. The second-order valence-corrected chi connectivity index (χ2v) is 13.2. The molecule has 1 unspecified atom stereocenters. The van der Waals surface area contributed by atoms with E-state index in [1.165, 1.54) is 58.2 Å². The van der Waals surface area contributed by atoms with Crippen LogP contribution in [-0.4, -0.2) is 0 Å². The second-order valence-electron chi connectivity index (χ2n) is 13.2. The van der Waals surface area contributed by atoms with E-state index in [-0.39, 0.29) is 37.0 Å². The van der Waals surface area contributed by atoms with Gasteiger partial charge in [0, 0.05) is 0 Å². The molecule has 0 bridgehead atoms. The normalized spacial score (nSPS) is 16.6. The van der Waals surface area contributed by atoms with Gasteiger partial charge in [-0.05, 0) is 28.4 Å². The van der Waals surface area contributed by atoms with Gasteiger partial charge >= 0.3 is 26.2 Å². The molecule has 0 saturated carbocycles. The zero-order chi connectivity index (χ0) is 25.3. The van der Waals surface area contributed by atoms with Crippen LogP contribution in [0.4, 0.5) is 0 Å². The second kappa shape index (κ2) is 11.5. The Bertz CT molecular complexity index is 1000. The van der Waals surface area contributed by atoms with Crippen molar-refractivity contribution in [2.75, 3.05) is 0 Å². The fraction of sp³-hybridized carbons (Fsp3) is 0.529. The molecule has 1 atom stereocenters. The van der Waals surface area contributed by atoms with Crippen molar-refractivity contribution in [3.05, 3.63) is 82.5 Å². The number of unbranched alkanes of at least 4 members (excludes halogenated alkanes) is 1. The van der Waals surface area contributed by atoms with E-state index in [1.54, 1.807) is 0 Å². The first-order valence-corrected chi connectivity index (χ1v) is 13.2. The van der Waals surface area contributed by atoms with Crippen molar-refractivity contribution in [2.45, 2.75) is 106 Å². The number of fused-ring (bicyclic) bond motifs is 3. The largest absolute Gasteiger partial charge is 2.00 e. The number of benzene rings is 2. The van der Waals surface area contributed by atoms with Crippen LogP contribution in [0, 0.1) is 23.5 Å². The molecule has 0 radical (unpaired) electrons. The summed E-state index contributed by atoms with van der Waals surface area (Å²) in [7, 11) is 0. The summed E-state index contributed by atoms with van der Waals surface area (Å²) in [6.45, 7) is 22.6. The molecular weight excluding hydrogens is 500 g/mol. The van der Waals surface area contributed by atoms with E-state index >= 15 is 0 Å². The first-order chi connectivity index (χ1) is 15.7. The molecule has 0 amide bonds. The fourth-order valence-corrected chi connectivity index (χ4v) is 4.59. The van der Waals surface area contributed by atoms with Crippen molar-refractivity contribution in [1.82, 2.24) is 0 Å². The van der Waals surface area contributed by atoms with Gasteiger partial charge in [-0.25, -0.2) is 6.08 Å². The van der Waals surface area contributed by atoms with Gasteiger partial charge in [0.2, 0.25) is 0 Å². The van der Waals surface area contributed by atoms with Crippen LogP contribution in [0.1, 0.15) is 111 Å². The van der Waals surface area contributed by atoms with Gasteiger partial charge in [-0.1, -0.05) is 124 Å². The number of hydrogen-bond donors (Lipinski definition) is 0. The van der Waals surface area contributed by atoms with Gasteiger partial charge in [0.15, 0.2) is 0 Å². The summed E-state index contributed by atoms with van der Waals surface area (Å²) in [6, 6.07) is 15.2. The quantitative estimate of drug-likeness (QED) is 0.287. The van der Waals surface area contributed by atoms with Crippen LogP contribution in [0.15, 0.2) is 48.1 Å². The molecule has 186 valence electrons. The SMILES string of the molecule is CC(C)(C)c1[c-]c2c(cc1)-c1ccc(C(C)(C)C)cc1C2.CCCCC1[C-]=CC(C(C)(C)C)=C1.[Zr+2]. The molecule has 2 aliphatic rings. The van der Waals surface area contributed by atoms with E-state index in [4.69, 9.17) is 0 Å². The summed E-state index contributed by atoms with van der Waals surface area (Å²) in [5, 5.41) is 0. The minimum Gasteiger partial charge on any atom is -0.269 e. The minimum atomic E-state index is 0. The minimum absolute atomic E-state index is 0. The van der Waals surface area contributed by atoms with Crippen LogP contribution < -0.4 is 0 Å². The average Bonchev–Trinajstić information content (AvgIpc) is 3.35. The third-order valence-electron chi connectivity index (χ3n) is 7.03. The predicted molar refractivity (Wildman–Crippen MR) is 149 cm³/mol. The molecule has 0 aromatic heterocycles. The van der Waals surface area contributed by atoms with E-state index < -0.39 is 0 Å². The molecule has 4 rings (SSSR count). The molecule has 0 heterocycles. The molecule has 35 heavy (non-hydrogen) atoms. The van der Waals surface area contributed by atoms with Gasteiger partial charge in [-0.3, -0.25) is 6.08 Å². The van der Waals surface area contributed by atoms with Crippen LogP contribution in [0.3, 0.4) is 0 Å². The maximum Gasteiger partial charge on any atom is 2.00 e. The topological polar surface area (TPSA) is 0 Å². The molecule has 1 heteroatoms. The zero-order valence-corrected chi connectivity index (χ0v) is 26.4. The average molecular weight is 546 g/mol. The van der Waals surface area contributed by atoms with Crippen LogP contribution in [0.25, 0.3) is 11.1 Å². The summed E-state index contributed by atoms with van der Waals surface area (Å²) in [4.78, 5) is 0. The van der Waals surface area contributed by atoms with Crippen molar-refractivity contribution >= 4 is 0 Å². The van der Waals surface area contributed by atoms with Gasteiger partial charge in [0.25, 0.3) is 0 Å². The summed E-state index contributed by atoms with van der Waals surface area (Å²) in [5.41, 5.74) is 10.5. The van der Waals surface area contributed by atoms with Crippen molar-refractivity contribution in [2.24, 2.45) is 11.3 Å². The van der Waals surface area contributed by atoms with E-state index in [0.29, 0.717) is 11.3 Å². The molecule has 2 aromatic rings. The Morgan fingerprint density at radius 2 is 1.49 bits per heavy atom. The van der Waals surface area contributed by atoms with Gasteiger partial charge in [0.1, 0.15) is 0 Å². The Hall–Kier alpha value is -1.20. The molecular formula is C34H46Zr. The molecule has 2 aliphatic carbocycles. The monoisotopic (exact) mass is 544 g/mol. The van der Waals surface area contributed by atoms with E-state index in [2.05, 4.69) is 124 Å². The third-order valence-corrected chi connectivity index (χ3v) is 7.03. The molecule has 0 spiro atoms. The number of rotatable bonds is 3. The Labute approximate surface area is 235 Å². The van der Waals surface area contributed by atoms with E-state index in [0.717, 1.165) is 6.42 Å². The Morgan fingerprint density at radius 1 is 0.829 bits per heavy atom. The standard InChI is InChI=1S/C21H25.C13H21.Zr/c1-20(2,3)16-7-9-18-14(12-16)11-15-13-17(21(4,5)6)8-10-19(15)18;1-5-6-7-11-8-9-12(10-11)13(2,3)4;/h7-10,12H,11H2,1-6H3;9-11H,5-7H2,1-4H3;/q2*-1;+2. The Morgan fingerprint density at radius 3 is 2.03 bits per heavy atom. The van der Waals surface area contributed by atoms with Gasteiger partial charge < -0.3 is 0 Å². The van der Waals surface area contributed by atoms with E-state index in [1.807, 2.05) is 0 Å². The number of allylic oxidation sites excluding steroid dienone is 4. The Kier molecular flexibility index (Phi) is 9.83. The maximum atomic E-state index is 3.67. The van der Waals surface area contributed by atoms with Gasteiger partial charge in [-0.2, -0.15) is 35.4 Å². The molecule has 0 nitrogen and oxygen atoms in total. The number of hydrogen-bond acceptors (Lipinski definition) is 0. The van der Waals surface area contributed by atoms with Crippen molar-refractivity contribution in [1.29, 1.82) is 0 Å². The van der Waals surface area contributed by atoms with Crippen molar-refractivity contribution < 1.29 is 26.2 Å². The summed E-state index contributed by atoms with van der Waals surface area (Å²) in [5.74, 6) is 0.592. The van der Waals surface area contributed by atoms with E-state index in [9.17, 15) is 0 Å². The molecule has 2 aromatic carbocycles. The van der Waals surface area contributed by atoms with Crippen LogP contribution in [0.5, 0.6) is 0 Å². The van der Waals surface area contributed by atoms with Crippen LogP contribution in [0.2, 0.25) is 0 Å². The summed E-state index contributed by atoms with van der Waals surface area (Å²) >= 11 is 0. The first kappa shape index (κ1) is 30.0. The smallest absolute Gasteiger partial charge is 0.269 e. The van der Waals surface area contributed by atoms with Gasteiger partial charge in [0.05, 0.1) is 0 Å². The summed E-state index contributed by atoms with van der Waals surface area (Å²) in [6.07, 6.45) is 12.9. The van der Waals surface area contributed by atoms with Crippen molar-refractivity contribution in [3.8, 4) is 11.1 Å². The molecule has 0 N–H and O–H groups in total. The summed E-state index contributed by atoms with van der Waals surface area (Å²) < 4.78 is 0. The zero-order valence-electron chi connectivity index (χ0n) is 23.9. The van der Waals surface area contributed by atoms with Gasteiger partial charge in [-0.15, -0.1) is 11.1 Å². The van der Waals surface area contributed by atoms with Crippen molar-refractivity contribution in [3.63, 3.8) is 0 Å². The maximum absolute atomic E-state index is 3.67. The molecule has 0 aliphatic heterocycles. The third kappa shape index (κ3) is 7.65. The molecule has 0 fully saturated rings. The first-order valence-electron chi connectivity index (χ1n) is 13.2. The fourth-order valence-electron chi connectivity index (χ4n) is 4.59. The van der Waals surface area contributed by atoms with Crippen LogP contribution in [-0.2, 0) is 43.5 Å². The predicted octanol–water partition coefficient (Wildman–Crippen LogP) is 9.79.